The minimum atomic E-state index is -0.245. The van der Waals surface area contributed by atoms with E-state index >= 15 is 0 Å². The maximum Gasteiger partial charge on any atom is 0.105 e. The molecule has 0 fully saturated rings. The van der Waals surface area contributed by atoms with E-state index in [1.54, 1.807) is 0 Å². The number of ether oxygens (including phenoxy) is 1. The van der Waals surface area contributed by atoms with Crippen molar-refractivity contribution in [3.8, 4) is 0 Å². The summed E-state index contributed by atoms with van der Waals surface area (Å²) in [7, 11) is 0. The number of alkyl halides is 4. The number of hydrogen-bond donors (Lipinski definition) is 0. The van der Waals surface area contributed by atoms with Crippen molar-refractivity contribution in [3.05, 3.63) is 0 Å². The van der Waals surface area contributed by atoms with E-state index in [0.717, 1.165) is 25.7 Å². The van der Waals surface area contributed by atoms with E-state index in [1.165, 1.54) is 0 Å². The Kier molecular flexibility index (Phi) is 11.0. The summed E-state index contributed by atoms with van der Waals surface area (Å²) in [5, 5.41) is 0. The third-order valence-electron chi connectivity index (χ3n) is 3.40. The highest BCUT2D eigenvalue weighted by Gasteiger charge is 2.50. The molecule has 20 heavy (non-hydrogen) atoms. The van der Waals surface area contributed by atoms with E-state index in [1.807, 2.05) is 0 Å². The molecule has 6 heteroatoms. The lowest BCUT2D eigenvalue weighted by molar-refractivity contribution is -0.127. The summed E-state index contributed by atoms with van der Waals surface area (Å²) < 4.78 is 6.46. The molecule has 0 heterocycles. The van der Waals surface area contributed by atoms with Crippen molar-refractivity contribution in [1.82, 2.24) is 0 Å². The molecule has 1 nitrogen and oxygen atoms in total. The van der Waals surface area contributed by atoms with Gasteiger partial charge in [0, 0.05) is 0 Å². The zero-order valence-corrected chi connectivity index (χ0v) is 20.6. The maximum atomic E-state index is 6.55. The first-order chi connectivity index (χ1) is 8.33. The van der Waals surface area contributed by atoms with Gasteiger partial charge in [-0.05, 0) is 40.5 Å². The summed E-state index contributed by atoms with van der Waals surface area (Å²) in [6.07, 6.45) is 4.45. The smallest absolute Gasteiger partial charge is 0.105 e. The van der Waals surface area contributed by atoms with Crippen molar-refractivity contribution < 1.29 is 9.44 Å². The van der Waals surface area contributed by atoms with Gasteiger partial charge in [0.15, 0.2) is 0 Å². The lowest BCUT2D eigenvalue weighted by Crippen LogP contribution is -2.53. The first-order valence-electron chi connectivity index (χ1n) is 6.79. The van der Waals surface area contributed by atoms with E-state index in [0.29, 0.717) is 0 Å². The molecule has 0 bridgehead atoms. The SMILES string of the molecule is CCCC(Br)(I)C(C)(C)OC(C)(C)C(Br)(I)CCC.F. The molecule has 0 saturated carbocycles. The number of rotatable bonds is 8. The molecule has 0 rings (SSSR count). The molecule has 0 amide bonds. The molecule has 2 atom stereocenters. The van der Waals surface area contributed by atoms with Crippen molar-refractivity contribution in [3.63, 3.8) is 0 Å². The van der Waals surface area contributed by atoms with Crippen LogP contribution in [0.1, 0.15) is 67.2 Å². The van der Waals surface area contributed by atoms with Gasteiger partial charge < -0.3 is 4.74 Å². The molecule has 0 aliphatic heterocycles. The normalized spacial score (nSPS) is 18.9. The summed E-state index contributed by atoms with van der Waals surface area (Å²) in [5.74, 6) is 0. The lowest BCUT2D eigenvalue weighted by atomic mass is 9.96. The van der Waals surface area contributed by atoms with E-state index in [9.17, 15) is 0 Å². The molecule has 0 aromatic heterocycles. The minimum Gasteiger partial charge on any atom is -0.365 e. The van der Waals surface area contributed by atoms with E-state index < -0.39 is 0 Å². The summed E-state index contributed by atoms with van der Waals surface area (Å²) in [5.41, 5.74) is -0.490. The van der Waals surface area contributed by atoms with Crippen molar-refractivity contribution in [2.45, 2.75) is 83.1 Å². The van der Waals surface area contributed by atoms with Gasteiger partial charge in [0.25, 0.3) is 0 Å². The largest absolute Gasteiger partial charge is 0.365 e. The van der Waals surface area contributed by atoms with Crippen molar-refractivity contribution in [2.75, 3.05) is 0 Å². The minimum absolute atomic E-state index is 0. The van der Waals surface area contributed by atoms with Gasteiger partial charge in [0.1, 0.15) is 4.66 Å². The molecule has 2 unspecified atom stereocenters. The van der Waals surface area contributed by atoms with Crippen LogP contribution < -0.4 is 0 Å². The van der Waals surface area contributed by atoms with Gasteiger partial charge in [0.05, 0.1) is 11.2 Å². The molecule has 0 aliphatic carbocycles. The Labute approximate surface area is 168 Å². The number of hydrogen-bond acceptors (Lipinski definition) is 1. The second-order valence-electron chi connectivity index (χ2n) is 6.03. The Bertz CT molecular complexity index is 267. The topological polar surface area (TPSA) is 9.23 Å². The highest BCUT2D eigenvalue weighted by Crippen LogP contribution is 2.51. The van der Waals surface area contributed by atoms with Crippen LogP contribution in [0.2, 0.25) is 0 Å². The van der Waals surface area contributed by atoms with Gasteiger partial charge in [0.2, 0.25) is 0 Å². The molecule has 0 N–H and O–H groups in total. The Hall–Kier alpha value is 2.31. The predicted molar refractivity (Wildman–Crippen MR) is 113 cm³/mol. The molecule has 0 aromatic rings. The predicted octanol–water partition coefficient (Wildman–Crippen LogP) is 7.37. The average Bonchev–Trinajstić information content (AvgIpc) is 2.14. The van der Waals surface area contributed by atoms with Gasteiger partial charge in [-0.25, -0.2) is 0 Å². The van der Waals surface area contributed by atoms with Crippen LogP contribution >= 0.6 is 77.0 Å². The summed E-state index contributed by atoms with van der Waals surface area (Å²) in [6.45, 7) is 13.1. The van der Waals surface area contributed by atoms with Crippen LogP contribution in [-0.2, 0) is 4.74 Å². The van der Waals surface area contributed by atoms with Crippen molar-refractivity contribution >= 4 is 77.0 Å². The van der Waals surface area contributed by atoms with Crippen LogP contribution in [0.4, 0.5) is 4.70 Å². The second-order valence-corrected chi connectivity index (χ2v) is 15.4. The van der Waals surface area contributed by atoms with Crippen LogP contribution in [0.5, 0.6) is 0 Å². The zero-order valence-electron chi connectivity index (χ0n) is 13.2. The van der Waals surface area contributed by atoms with Crippen LogP contribution in [0, 0.1) is 0 Å². The van der Waals surface area contributed by atoms with E-state index in [4.69, 9.17) is 4.74 Å². The van der Waals surface area contributed by atoms with Gasteiger partial charge in [-0.15, -0.1) is 0 Å². The summed E-state index contributed by atoms with van der Waals surface area (Å²) in [4.78, 5) is 0. The van der Waals surface area contributed by atoms with Crippen LogP contribution in [0.25, 0.3) is 0 Å². The Morgan fingerprint density at radius 1 is 0.800 bits per heavy atom. The zero-order chi connectivity index (χ0) is 15.5. The van der Waals surface area contributed by atoms with Crippen LogP contribution in [0.15, 0.2) is 0 Å². The highest BCUT2D eigenvalue weighted by molar-refractivity contribution is 14.1. The molecule has 0 spiro atoms. The number of halogens is 5. The van der Waals surface area contributed by atoms with E-state index in [2.05, 4.69) is 119 Å². The Morgan fingerprint density at radius 3 is 1.25 bits per heavy atom. The van der Waals surface area contributed by atoms with Crippen molar-refractivity contribution in [1.29, 1.82) is 0 Å². The van der Waals surface area contributed by atoms with E-state index in [-0.39, 0.29) is 20.6 Å². The van der Waals surface area contributed by atoms with Gasteiger partial charge in [-0.1, -0.05) is 104 Å². The third-order valence-corrected chi connectivity index (χ3v) is 9.78. The highest BCUT2D eigenvalue weighted by atomic mass is 127. The quantitative estimate of drug-likeness (QED) is 0.198. The molecular formula is C14H27Br2FI2O. The van der Waals surface area contributed by atoms with Gasteiger partial charge in [-0.2, -0.15) is 0 Å². The van der Waals surface area contributed by atoms with Crippen molar-refractivity contribution in [2.24, 2.45) is 0 Å². The van der Waals surface area contributed by atoms with Gasteiger partial charge >= 0.3 is 0 Å². The Morgan fingerprint density at radius 2 is 1.05 bits per heavy atom. The second kappa shape index (κ2) is 8.97. The fourth-order valence-corrected chi connectivity index (χ4v) is 4.27. The first-order valence-corrected chi connectivity index (χ1v) is 10.5. The summed E-state index contributed by atoms with van der Waals surface area (Å²) in [6, 6.07) is 0. The van der Waals surface area contributed by atoms with Crippen LogP contribution in [-0.4, -0.2) is 15.9 Å². The fourth-order valence-electron chi connectivity index (χ4n) is 2.02. The average molecular weight is 644 g/mol. The monoisotopic (exact) mass is 642 g/mol. The Balaban J connectivity index is 0. The standard InChI is InChI=1S/C14H26Br2I2O.FH/c1-7-9-13(15,17)11(3,4)19-12(5,6)14(16,18)10-8-2;/h7-10H2,1-6H3;1H. The molecular weight excluding hydrogens is 617 g/mol. The maximum absolute atomic E-state index is 6.55. The third kappa shape index (κ3) is 6.43. The molecule has 0 aliphatic rings. The lowest BCUT2D eigenvalue weighted by Gasteiger charge is -2.48. The first kappa shape index (κ1) is 24.6. The van der Waals surface area contributed by atoms with Gasteiger partial charge in [-0.3, -0.25) is 4.70 Å². The summed E-state index contributed by atoms with van der Waals surface area (Å²) >= 11 is 12.7. The molecule has 0 radical (unpaired) electrons. The molecule has 124 valence electrons. The van der Waals surface area contributed by atoms with Crippen LogP contribution in [0.3, 0.4) is 0 Å². The molecule has 0 aromatic carbocycles. The fraction of sp³-hybridized carbons (Fsp3) is 1.00. The molecule has 0 saturated heterocycles.